The summed E-state index contributed by atoms with van der Waals surface area (Å²) in [6.45, 7) is 6.40. The quantitative estimate of drug-likeness (QED) is 0.763. The van der Waals surface area contributed by atoms with E-state index in [2.05, 4.69) is 5.32 Å². The molecule has 1 aliphatic rings. The number of nitrogens with one attached hydrogen (secondary N) is 1. The summed E-state index contributed by atoms with van der Waals surface area (Å²) < 4.78 is 10.6. The van der Waals surface area contributed by atoms with Crippen molar-refractivity contribution >= 4 is 12.4 Å². The van der Waals surface area contributed by atoms with Crippen LogP contribution >= 0.6 is 0 Å². The van der Waals surface area contributed by atoms with Crippen molar-refractivity contribution in [2.45, 2.75) is 45.3 Å². The predicted molar refractivity (Wildman–Crippen MR) is 62.8 cm³/mol. The number of aldehydes is 1. The smallest absolute Gasteiger partial charge is 0.407 e. The van der Waals surface area contributed by atoms with Gasteiger partial charge in [-0.05, 0) is 33.6 Å². The van der Waals surface area contributed by atoms with Gasteiger partial charge in [0.15, 0.2) is 0 Å². The minimum Gasteiger partial charge on any atom is -0.444 e. The second-order valence-corrected chi connectivity index (χ2v) is 5.30. The van der Waals surface area contributed by atoms with Crippen molar-refractivity contribution in [2.75, 3.05) is 13.2 Å². The summed E-state index contributed by atoms with van der Waals surface area (Å²) in [5.41, 5.74) is -0.497. The molecule has 1 aliphatic heterocycles. The summed E-state index contributed by atoms with van der Waals surface area (Å²) in [6.07, 6.45) is 1.86. The Balaban J connectivity index is 2.26. The molecule has 1 N–H and O–H groups in total. The summed E-state index contributed by atoms with van der Waals surface area (Å²) in [5.74, 6) is 0.0502. The molecule has 0 bridgehead atoms. The van der Waals surface area contributed by atoms with Crippen LogP contribution in [0.4, 0.5) is 4.79 Å². The highest BCUT2D eigenvalue weighted by Crippen LogP contribution is 2.17. The monoisotopic (exact) mass is 243 g/mol. The molecule has 5 nitrogen and oxygen atoms in total. The number of ether oxygens (including phenoxy) is 2. The van der Waals surface area contributed by atoms with Crippen LogP contribution in [0.1, 0.15) is 33.6 Å². The van der Waals surface area contributed by atoms with E-state index in [1.54, 1.807) is 0 Å². The maximum atomic E-state index is 11.4. The van der Waals surface area contributed by atoms with Gasteiger partial charge in [-0.25, -0.2) is 4.79 Å². The predicted octanol–water partition coefficient (Wildman–Crippen LogP) is 1.51. The third kappa shape index (κ3) is 5.68. The lowest BCUT2D eigenvalue weighted by Crippen LogP contribution is -2.40. The second-order valence-electron chi connectivity index (χ2n) is 5.30. The Kier molecular flexibility index (Phi) is 4.93. The fourth-order valence-electron chi connectivity index (χ4n) is 1.69. The fourth-order valence-corrected chi connectivity index (χ4v) is 1.69. The zero-order valence-electron chi connectivity index (χ0n) is 10.7. The average molecular weight is 243 g/mol. The third-order valence-corrected chi connectivity index (χ3v) is 2.47. The molecule has 1 fully saturated rings. The first-order valence-electron chi connectivity index (χ1n) is 5.94. The molecule has 2 atom stereocenters. The molecule has 2 unspecified atom stereocenters. The van der Waals surface area contributed by atoms with Crippen LogP contribution in [-0.4, -0.2) is 37.2 Å². The van der Waals surface area contributed by atoms with Crippen LogP contribution in [0, 0.1) is 5.92 Å². The molecule has 5 heteroatoms. The first-order valence-corrected chi connectivity index (χ1v) is 5.94. The number of carbonyl (C=O) groups is 2. The zero-order valence-corrected chi connectivity index (χ0v) is 10.7. The number of amides is 1. The van der Waals surface area contributed by atoms with Crippen LogP contribution in [0.2, 0.25) is 0 Å². The molecule has 1 heterocycles. The van der Waals surface area contributed by atoms with Gasteiger partial charge in [-0.1, -0.05) is 0 Å². The van der Waals surface area contributed by atoms with E-state index in [-0.39, 0.29) is 12.0 Å². The highest BCUT2D eigenvalue weighted by Gasteiger charge is 2.23. The largest absolute Gasteiger partial charge is 0.444 e. The second kappa shape index (κ2) is 6.00. The summed E-state index contributed by atoms with van der Waals surface area (Å²) in [5, 5.41) is 2.65. The first kappa shape index (κ1) is 14.0. The normalized spacial score (nSPS) is 25.1. The Morgan fingerprint density at radius 1 is 1.53 bits per heavy atom. The molecule has 1 rings (SSSR count). The molecule has 1 saturated heterocycles. The van der Waals surface area contributed by atoms with Crippen molar-refractivity contribution in [3.8, 4) is 0 Å². The molecule has 0 aliphatic carbocycles. The maximum Gasteiger partial charge on any atom is 0.407 e. The van der Waals surface area contributed by atoms with E-state index in [4.69, 9.17) is 9.47 Å². The number of rotatable bonds is 3. The number of hydrogen-bond donors (Lipinski definition) is 1. The topological polar surface area (TPSA) is 64.6 Å². The van der Waals surface area contributed by atoms with E-state index in [1.807, 2.05) is 20.8 Å². The lowest BCUT2D eigenvalue weighted by molar-refractivity contribution is -0.115. The van der Waals surface area contributed by atoms with Crippen LogP contribution in [-0.2, 0) is 14.3 Å². The highest BCUT2D eigenvalue weighted by atomic mass is 16.6. The van der Waals surface area contributed by atoms with Crippen molar-refractivity contribution in [1.29, 1.82) is 0 Å². The van der Waals surface area contributed by atoms with Crippen LogP contribution in [0.15, 0.2) is 0 Å². The fraction of sp³-hybridized carbons (Fsp3) is 0.833. The molecular weight excluding hydrogens is 222 g/mol. The Labute approximate surface area is 102 Å². The standard InChI is InChI=1S/C12H21NO4/c1-12(2,3)17-11(15)13-7-10-6-9(8-14)4-5-16-10/h8-10H,4-7H2,1-3H3,(H,13,15). The van der Waals surface area contributed by atoms with Gasteiger partial charge in [0.1, 0.15) is 11.9 Å². The van der Waals surface area contributed by atoms with E-state index in [0.29, 0.717) is 19.6 Å². The first-order chi connectivity index (χ1) is 7.90. The molecule has 1 amide bonds. The Bertz CT molecular complexity index is 272. The van der Waals surface area contributed by atoms with Crippen molar-refractivity contribution in [1.82, 2.24) is 5.32 Å². The van der Waals surface area contributed by atoms with Gasteiger partial charge in [0.25, 0.3) is 0 Å². The van der Waals surface area contributed by atoms with Gasteiger partial charge in [-0.3, -0.25) is 0 Å². The number of carbonyl (C=O) groups excluding carboxylic acids is 2. The van der Waals surface area contributed by atoms with Gasteiger partial charge in [0.05, 0.1) is 6.10 Å². The zero-order chi connectivity index (χ0) is 12.9. The Hall–Kier alpha value is -1.10. The SMILES string of the molecule is CC(C)(C)OC(=O)NCC1CC(C=O)CCO1. The molecular formula is C12H21NO4. The molecule has 0 spiro atoms. The van der Waals surface area contributed by atoms with Gasteiger partial charge in [0.2, 0.25) is 0 Å². The van der Waals surface area contributed by atoms with E-state index in [9.17, 15) is 9.59 Å². The van der Waals surface area contributed by atoms with Crippen molar-refractivity contribution in [2.24, 2.45) is 5.92 Å². The molecule has 0 aromatic heterocycles. The minimum absolute atomic E-state index is 0.0502. The lowest BCUT2D eigenvalue weighted by atomic mass is 9.97. The van der Waals surface area contributed by atoms with Crippen molar-refractivity contribution < 1.29 is 19.1 Å². The van der Waals surface area contributed by atoms with Gasteiger partial charge in [0, 0.05) is 19.1 Å². The third-order valence-electron chi connectivity index (χ3n) is 2.47. The number of alkyl carbamates (subject to hydrolysis) is 1. The molecule has 0 aromatic carbocycles. The summed E-state index contributed by atoms with van der Waals surface area (Å²) in [7, 11) is 0. The maximum absolute atomic E-state index is 11.4. The van der Waals surface area contributed by atoms with E-state index in [0.717, 1.165) is 12.7 Å². The Morgan fingerprint density at radius 2 is 2.24 bits per heavy atom. The minimum atomic E-state index is -0.497. The molecule has 0 saturated carbocycles. The van der Waals surface area contributed by atoms with E-state index >= 15 is 0 Å². The Morgan fingerprint density at radius 3 is 2.82 bits per heavy atom. The molecule has 0 aromatic rings. The van der Waals surface area contributed by atoms with E-state index < -0.39 is 11.7 Å². The van der Waals surface area contributed by atoms with Crippen LogP contribution in [0.25, 0.3) is 0 Å². The van der Waals surface area contributed by atoms with Crippen molar-refractivity contribution in [3.05, 3.63) is 0 Å². The van der Waals surface area contributed by atoms with Crippen LogP contribution in [0.5, 0.6) is 0 Å². The average Bonchev–Trinajstić information content (AvgIpc) is 2.24. The highest BCUT2D eigenvalue weighted by molar-refractivity contribution is 5.67. The van der Waals surface area contributed by atoms with Crippen LogP contribution < -0.4 is 5.32 Å². The lowest BCUT2D eigenvalue weighted by Gasteiger charge is -2.27. The number of hydrogen-bond acceptors (Lipinski definition) is 4. The van der Waals surface area contributed by atoms with Gasteiger partial charge >= 0.3 is 6.09 Å². The summed E-state index contributed by atoms with van der Waals surface area (Å²) in [6, 6.07) is 0. The van der Waals surface area contributed by atoms with E-state index in [1.165, 1.54) is 0 Å². The van der Waals surface area contributed by atoms with Gasteiger partial charge < -0.3 is 19.6 Å². The molecule has 0 radical (unpaired) electrons. The molecule has 17 heavy (non-hydrogen) atoms. The summed E-state index contributed by atoms with van der Waals surface area (Å²) >= 11 is 0. The van der Waals surface area contributed by atoms with Crippen LogP contribution in [0.3, 0.4) is 0 Å². The van der Waals surface area contributed by atoms with Gasteiger partial charge in [-0.15, -0.1) is 0 Å². The van der Waals surface area contributed by atoms with Gasteiger partial charge in [-0.2, -0.15) is 0 Å². The van der Waals surface area contributed by atoms with Crippen molar-refractivity contribution in [3.63, 3.8) is 0 Å². The molecule has 98 valence electrons. The summed E-state index contributed by atoms with van der Waals surface area (Å²) in [4.78, 5) is 22.1.